The van der Waals surface area contributed by atoms with E-state index in [1.807, 2.05) is 30.9 Å². The van der Waals surface area contributed by atoms with Gasteiger partial charge >= 0.3 is 0 Å². The lowest BCUT2D eigenvalue weighted by atomic mass is 10.1. The number of rotatable bonds is 6. The zero-order valence-electron chi connectivity index (χ0n) is 13.2. The molecule has 19 heavy (non-hydrogen) atoms. The summed E-state index contributed by atoms with van der Waals surface area (Å²) in [5.74, 6) is 0.249. The van der Waals surface area contributed by atoms with Gasteiger partial charge in [-0.15, -0.1) is 0 Å². The monoisotopic (exact) mass is 263 g/mol. The maximum atomic E-state index is 12.1. The zero-order chi connectivity index (χ0) is 14.7. The third-order valence-corrected chi connectivity index (χ3v) is 2.78. The Morgan fingerprint density at radius 2 is 1.68 bits per heavy atom. The van der Waals surface area contributed by atoms with Gasteiger partial charge < -0.3 is 4.90 Å². The van der Waals surface area contributed by atoms with E-state index in [0.29, 0.717) is 6.42 Å². The van der Waals surface area contributed by atoms with E-state index in [1.165, 1.54) is 5.56 Å². The quantitative estimate of drug-likeness (QED) is 0.753. The highest BCUT2D eigenvalue weighted by Crippen LogP contribution is 2.07. The molecule has 0 aliphatic carbocycles. The smallest absolute Gasteiger partial charge is 0.226 e. The number of carbonyl (C=O) groups excluding carboxylic acids is 1. The van der Waals surface area contributed by atoms with Gasteiger partial charge in [-0.25, -0.2) is 0 Å². The van der Waals surface area contributed by atoms with Gasteiger partial charge in [0, 0.05) is 13.1 Å². The van der Waals surface area contributed by atoms with Gasteiger partial charge in [-0.05, 0) is 25.3 Å². The number of amides is 1. The zero-order valence-corrected chi connectivity index (χ0v) is 13.2. The number of hydrogen-bond acceptors (Lipinski definition) is 1. The van der Waals surface area contributed by atoms with E-state index >= 15 is 0 Å². The molecule has 0 fully saturated rings. The van der Waals surface area contributed by atoms with E-state index < -0.39 is 0 Å². The number of carbonyl (C=O) groups is 1. The minimum atomic E-state index is 0.249. The fraction of sp³-hybridized carbons (Fsp3) is 0.588. The molecule has 0 aliphatic rings. The van der Waals surface area contributed by atoms with Crippen molar-refractivity contribution in [3.63, 3.8) is 0 Å². The van der Waals surface area contributed by atoms with Crippen LogP contribution in [0.25, 0.3) is 0 Å². The van der Waals surface area contributed by atoms with Crippen molar-refractivity contribution in [2.75, 3.05) is 13.1 Å². The minimum Gasteiger partial charge on any atom is -0.342 e. The van der Waals surface area contributed by atoms with Crippen LogP contribution in [0.1, 0.15) is 51.7 Å². The topological polar surface area (TPSA) is 20.3 Å². The standard InChI is InChI=1S/C15H23NO.C2H6/c1-4-9-16(10-5-2)15(17)12-14-8-6-7-13(3)11-14;1-2/h6-8,11H,4-5,9-10,12H2,1-3H3;1-2H3. The summed E-state index contributed by atoms with van der Waals surface area (Å²) in [5, 5.41) is 0. The third kappa shape index (κ3) is 7.00. The summed E-state index contributed by atoms with van der Waals surface area (Å²) in [5.41, 5.74) is 2.33. The predicted molar refractivity (Wildman–Crippen MR) is 83.4 cm³/mol. The second-order valence-corrected chi connectivity index (χ2v) is 4.55. The van der Waals surface area contributed by atoms with Gasteiger partial charge in [0.1, 0.15) is 0 Å². The Morgan fingerprint density at radius 3 is 2.16 bits per heavy atom. The molecule has 1 aromatic rings. The molecule has 1 amide bonds. The van der Waals surface area contributed by atoms with Crippen LogP contribution in [0.5, 0.6) is 0 Å². The first-order chi connectivity index (χ1) is 9.17. The van der Waals surface area contributed by atoms with Crippen molar-refractivity contribution < 1.29 is 4.79 Å². The fourth-order valence-corrected chi connectivity index (χ4v) is 2.01. The number of nitrogens with zero attached hydrogens (tertiary/aromatic N) is 1. The maximum absolute atomic E-state index is 12.1. The summed E-state index contributed by atoms with van der Waals surface area (Å²) < 4.78 is 0. The second-order valence-electron chi connectivity index (χ2n) is 4.55. The van der Waals surface area contributed by atoms with Crippen LogP contribution >= 0.6 is 0 Å². The Labute approximate surface area is 118 Å². The van der Waals surface area contributed by atoms with Crippen molar-refractivity contribution in [3.8, 4) is 0 Å². The van der Waals surface area contributed by atoms with E-state index in [-0.39, 0.29) is 5.91 Å². The lowest BCUT2D eigenvalue weighted by molar-refractivity contribution is -0.130. The average Bonchev–Trinajstić information content (AvgIpc) is 2.41. The molecule has 108 valence electrons. The minimum absolute atomic E-state index is 0.249. The van der Waals surface area contributed by atoms with Crippen molar-refractivity contribution >= 4 is 5.91 Å². The largest absolute Gasteiger partial charge is 0.342 e. The van der Waals surface area contributed by atoms with Crippen LogP contribution in [0.3, 0.4) is 0 Å². The summed E-state index contributed by atoms with van der Waals surface area (Å²) in [6.07, 6.45) is 2.58. The van der Waals surface area contributed by atoms with Crippen molar-refractivity contribution in [2.24, 2.45) is 0 Å². The van der Waals surface area contributed by atoms with Crippen LogP contribution in [0.2, 0.25) is 0 Å². The third-order valence-electron chi connectivity index (χ3n) is 2.78. The van der Waals surface area contributed by atoms with E-state index in [0.717, 1.165) is 31.5 Å². The van der Waals surface area contributed by atoms with Gasteiger partial charge in [-0.1, -0.05) is 57.5 Å². The molecule has 1 aromatic carbocycles. The summed E-state index contributed by atoms with van der Waals surface area (Å²) in [6.45, 7) is 12.0. The van der Waals surface area contributed by atoms with Crippen LogP contribution < -0.4 is 0 Å². The van der Waals surface area contributed by atoms with Gasteiger partial charge in [0.15, 0.2) is 0 Å². The van der Waals surface area contributed by atoms with Gasteiger partial charge in [0.2, 0.25) is 5.91 Å². The molecule has 0 spiro atoms. The summed E-state index contributed by atoms with van der Waals surface area (Å²) in [6, 6.07) is 8.20. The van der Waals surface area contributed by atoms with Crippen LogP contribution in [-0.2, 0) is 11.2 Å². The van der Waals surface area contributed by atoms with Crippen molar-refractivity contribution in [1.29, 1.82) is 0 Å². The summed E-state index contributed by atoms with van der Waals surface area (Å²) in [7, 11) is 0. The Balaban J connectivity index is 0.00000154. The van der Waals surface area contributed by atoms with Crippen molar-refractivity contribution in [1.82, 2.24) is 4.90 Å². The molecule has 0 heterocycles. The number of benzene rings is 1. The first kappa shape index (κ1) is 17.7. The lowest BCUT2D eigenvalue weighted by Gasteiger charge is -2.21. The SMILES string of the molecule is CC.CCCN(CCC)C(=O)Cc1cccc(C)c1. The van der Waals surface area contributed by atoms with Crippen LogP contribution in [0.15, 0.2) is 24.3 Å². The highest BCUT2D eigenvalue weighted by Gasteiger charge is 2.11. The highest BCUT2D eigenvalue weighted by atomic mass is 16.2. The van der Waals surface area contributed by atoms with Gasteiger partial charge in [0.05, 0.1) is 6.42 Å². The van der Waals surface area contributed by atoms with Crippen molar-refractivity contribution in [3.05, 3.63) is 35.4 Å². The maximum Gasteiger partial charge on any atom is 0.226 e. The van der Waals surface area contributed by atoms with Gasteiger partial charge in [0.25, 0.3) is 0 Å². The molecule has 0 aliphatic heterocycles. The lowest BCUT2D eigenvalue weighted by Crippen LogP contribution is -2.33. The molecule has 2 heteroatoms. The normalized spacial score (nSPS) is 9.53. The van der Waals surface area contributed by atoms with Crippen LogP contribution in [-0.4, -0.2) is 23.9 Å². The predicted octanol–water partition coefficient (Wildman–Crippen LogP) is 4.21. The molecule has 0 saturated carbocycles. The summed E-state index contributed by atoms with van der Waals surface area (Å²) >= 11 is 0. The number of hydrogen-bond donors (Lipinski definition) is 0. The second kappa shape index (κ2) is 10.6. The number of aryl methyl sites for hydroxylation is 1. The van der Waals surface area contributed by atoms with Crippen LogP contribution in [0.4, 0.5) is 0 Å². The molecule has 0 N–H and O–H groups in total. The Kier molecular flexibility index (Phi) is 9.87. The first-order valence-electron chi connectivity index (χ1n) is 7.50. The van der Waals surface area contributed by atoms with E-state index in [4.69, 9.17) is 0 Å². The fourth-order valence-electron chi connectivity index (χ4n) is 2.01. The molecule has 0 unspecified atom stereocenters. The van der Waals surface area contributed by atoms with Crippen LogP contribution in [0, 0.1) is 6.92 Å². The Morgan fingerprint density at radius 1 is 1.11 bits per heavy atom. The average molecular weight is 263 g/mol. The van der Waals surface area contributed by atoms with E-state index in [2.05, 4.69) is 32.9 Å². The molecule has 2 nitrogen and oxygen atoms in total. The van der Waals surface area contributed by atoms with Gasteiger partial charge in [-0.2, -0.15) is 0 Å². The van der Waals surface area contributed by atoms with Gasteiger partial charge in [-0.3, -0.25) is 4.79 Å². The Hall–Kier alpha value is -1.31. The molecule has 0 aromatic heterocycles. The molecule has 0 atom stereocenters. The molecule has 0 radical (unpaired) electrons. The first-order valence-corrected chi connectivity index (χ1v) is 7.50. The molecular weight excluding hydrogens is 234 g/mol. The molecule has 1 rings (SSSR count). The molecule has 0 bridgehead atoms. The van der Waals surface area contributed by atoms with Crippen molar-refractivity contribution in [2.45, 2.75) is 53.9 Å². The Bertz CT molecular complexity index is 354. The molecular formula is C17H29NO. The van der Waals surface area contributed by atoms with E-state index in [1.54, 1.807) is 0 Å². The summed E-state index contributed by atoms with van der Waals surface area (Å²) in [4.78, 5) is 14.1. The van der Waals surface area contributed by atoms with E-state index in [9.17, 15) is 4.79 Å². The highest BCUT2D eigenvalue weighted by molar-refractivity contribution is 5.78. The molecule has 0 saturated heterocycles.